The highest BCUT2D eigenvalue weighted by Gasteiger charge is 2.40. The van der Waals surface area contributed by atoms with Gasteiger partial charge in [0.1, 0.15) is 0 Å². The van der Waals surface area contributed by atoms with Crippen molar-refractivity contribution in [2.45, 2.75) is 51.1 Å². The Hall–Kier alpha value is 0.130. The fraction of sp³-hybridized carbons (Fsp3) is 0.929. The quantitative estimate of drug-likeness (QED) is 0.845. The third-order valence-electron chi connectivity index (χ3n) is 4.18. The third kappa shape index (κ3) is 3.61. The van der Waals surface area contributed by atoms with Crippen LogP contribution in [0.1, 0.15) is 33.6 Å². The largest absolute Gasteiger partial charge is 0.325 e. The molecular weight excluding hydrogens is 276 g/mol. The summed E-state index contributed by atoms with van der Waals surface area (Å²) >= 11 is 4.07. The van der Waals surface area contributed by atoms with Gasteiger partial charge in [0.2, 0.25) is 5.91 Å². The number of carbonyl (C=O) groups excluding carboxylic acids is 1. The molecule has 4 unspecified atom stereocenters. The van der Waals surface area contributed by atoms with Crippen LogP contribution >= 0.6 is 23.5 Å². The number of carbonyl (C=O) groups is 1. The van der Waals surface area contributed by atoms with E-state index < -0.39 is 0 Å². The molecule has 0 radical (unpaired) electrons. The van der Waals surface area contributed by atoms with E-state index in [9.17, 15) is 4.79 Å². The van der Waals surface area contributed by atoms with Gasteiger partial charge in [-0.15, -0.1) is 0 Å². The van der Waals surface area contributed by atoms with Crippen LogP contribution in [0.4, 0.5) is 0 Å². The van der Waals surface area contributed by atoms with Gasteiger partial charge in [0.25, 0.3) is 0 Å². The molecule has 0 saturated carbocycles. The van der Waals surface area contributed by atoms with Crippen molar-refractivity contribution in [1.29, 1.82) is 0 Å². The zero-order valence-corrected chi connectivity index (χ0v) is 13.9. The highest BCUT2D eigenvalue weighted by Crippen LogP contribution is 2.28. The zero-order valence-electron chi connectivity index (χ0n) is 12.2. The van der Waals surface area contributed by atoms with E-state index in [2.05, 4.69) is 31.0 Å². The monoisotopic (exact) mass is 302 g/mol. The lowest BCUT2D eigenvalue weighted by molar-refractivity contribution is -0.130. The molecular formula is C14H26N2OS2. The first-order valence-electron chi connectivity index (χ1n) is 7.43. The van der Waals surface area contributed by atoms with Crippen molar-refractivity contribution >= 4 is 29.4 Å². The molecule has 1 amide bonds. The summed E-state index contributed by atoms with van der Waals surface area (Å²) in [6, 6.07) is 0.0381. The van der Waals surface area contributed by atoms with Gasteiger partial charge in [-0.2, -0.15) is 23.5 Å². The summed E-state index contributed by atoms with van der Waals surface area (Å²) in [5.74, 6) is 4.45. The lowest BCUT2D eigenvalue weighted by atomic mass is 9.99. The Kier molecular flexibility index (Phi) is 5.90. The van der Waals surface area contributed by atoms with Crippen LogP contribution in [0.15, 0.2) is 0 Å². The minimum atomic E-state index is 0.0381. The van der Waals surface area contributed by atoms with Gasteiger partial charge in [0.15, 0.2) is 0 Å². The molecule has 0 aliphatic carbocycles. The van der Waals surface area contributed by atoms with E-state index in [-0.39, 0.29) is 12.2 Å². The molecule has 1 N–H and O–H groups in total. The smallest absolute Gasteiger partial charge is 0.241 e. The Balaban J connectivity index is 1.98. The molecule has 2 rings (SSSR count). The minimum absolute atomic E-state index is 0.0381. The van der Waals surface area contributed by atoms with Crippen molar-refractivity contribution in [3.05, 3.63) is 0 Å². The first-order valence-corrected chi connectivity index (χ1v) is 9.63. The topological polar surface area (TPSA) is 32.3 Å². The number of nitrogens with one attached hydrogen (secondary N) is 1. The fourth-order valence-corrected chi connectivity index (χ4v) is 5.43. The summed E-state index contributed by atoms with van der Waals surface area (Å²) in [6.45, 7) is 7.43. The van der Waals surface area contributed by atoms with E-state index in [1.807, 2.05) is 23.5 Å². The minimum Gasteiger partial charge on any atom is -0.325 e. The van der Waals surface area contributed by atoms with Crippen LogP contribution in [0.3, 0.4) is 0 Å². The van der Waals surface area contributed by atoms with Crippen molar-refractivity contribution in [2.75, 3.05) is 23.8 Å². The van der Waals surface area contributed by atoms with E-state index in [4.69, 9.17) is 0 Å². The number of thioether (sulfide) groups is 2. The van der Waals surface area contributed by atoms with Crippen LogP contribution < -0.4 is 5.32 Å². The fourth-order valence-electron chi connectivity index (χ4n) is 2.76. The van der Waals surface area contributed by atoms with Gasteiger partial charge < -0.3 is 4.90 Å². The van der Waals surface area contributed by atoms with Crippen LogP contribution in [0.5, 0.6) is 0 Å². The van der Waals surface area contributed by atoms with E-state index in [0.717, 1.165) is 19.4 Å². The third-order valence-corrected chi connectivity index (χ3v) is 7.01. The van der Waals surface area contributed by atoms with Crippen molar-refractivity contribution < 1.29 is 4.79 Å². The lowest BCUT2D eigenvalue weighted by Crippen LogP contribution is -2.42. The molecule has 5 heteroatoms. The van der Waals surface area contributed by atoms with Gasteiger partial charge in [-0.1, -0.05) is 27.2 Å². The molecule has 0 bridgehead atoms. The van der Waals surface area contributed by atoms with Gasteiger partial charge in [-0.25, -0.2) is 0 Å². The summed E-state index contributed by atoms with van der Waals surface area (Å²) in [4.78, 5) is 14.7. The van der Waals surface area contributed by atoms with E-state index >= 15 is 0 Å². The summed E-state index contributed by atoms with van der Waals surface area (Å²) in [6.07, 6.45) is 2.31. The maximum Gasteiger partial charge on any atom is 0.241 e. The van der Waals surface area contributed by atoms with Gasteiger partial charge in [0, 0.05) is 29.1 Å². The highest BCUT2D eigenvalue weighted by molar-refractivity contribution is 8.06. The van der Waals surface area contributed by atoms with E-state index in [0.29, 0.717) is 17.1 Å². The molecule has 2 aliphatic heterocycles. The van der Waals surface area contributed by atoms with Crippen molar-refractivity contribution in [3.63, 3.8) is 0 Å². The molecule has 2 fully saturated rings. The molecule has 4 atom stereocenters. The summed E-state index contributed by atoms with van der Waals surface area (Å²) in [5.41, 5.74) is 0. The molecule has 0 aromatic heterocycles. The van der Waals surface area contributed by atoms with Crippen LogP contribution in [-0.2, 0) is 4.79 Å². The molecule has 19 heavy (non-hydrogen) atoms. The Morgan fingerprint density at radius 3 is 2.79 bits per heavy atom. The number of amides is 1. The van der Waals surface area contributed by atoms with Crippen LogP contribution in [0.25, 0.3) is 0 Å². The van der Waals surface area contributed by atoms with Gasteiger partial charge in [0.05, 0.1) is 12.2 Å². The summed E-state index contributed by atoms with van der Waals surface area (Å²) in [7, 11) is 0. The number of hydrogen-bond donors (Lipinski definition) is 1. The Labute approximate surface area is 125 Å². The Morgan fingerprint density at radius 1 is 1.42 bits per heavy atom. The first kappa shape index (κ1) is 15.5. The van der Waals surface area contributed by atoms with E-state index in [1.165, 1.54) is 17.3 Å². The maximum atomic E-state index is 12.6. The number of rotatable bonds is 5. The van der Waals surface area contributed by atoms with Gasteiger partial charge in [-0.05, 0) is 12.3 Å². The van der Waals surface area contributed by atoms with Gasteiger partial charge >= 0.3 is 0 Å². The molecule has 2 saturated heterocycles. The van der Waals surface area contributed by atoms with Crippen LogP contribution in [-0.4, -0.2) is 52.1 Å². The normalized spacial score (nSPS) is 33.7. The maximum absolute atomic E-state index is 12.6. The number of nitrogens with zero attached hydrogens (tertiary/aromatic N) is 1. The Bertz CT molecular complexity index is 308. The standard InChI is InChI=1S/C14H26N2OS2/c1-4-10(3)13-14(17)16(12(5-2)15-13)8-11-9-18-6-7-19-11/h10-13,15H,4-9H2,1-3H3. The summed E-state index contributed by atoms with van der Waals surface area (Å²) < 4.78 is 0. The van der Waals surface area contributed by atoms with Gasteiger partial charge in [-0.3, -0.25) is 10.1 Å². The average Bonchev–Trinajstić information content (AvgIpc) is 2.76. The second-order valence-electron chi connectivity index (χ2n) is 5.51. The molecule has 0 spiro atoms. The highest BCUT2D eigenvalue weighted by atomic mass is 32.2. The second-order valence-corrected chi connectivity index (χ2v) is 8.07. The predicted molar refractivity (Wildman–Crippen MR) is 85.7 cm³/mol. The first-order chi connectivity index (χ1) is 9.17. The average molecular weight is 303 g/mol. The molecule has 110 valence electrons. The molecule has 0 aromatic rings. The van der Waals surface area contributed by atoms with E-state index in [1.54, 1.807) is 0 Å². The molecule has 2 heterocycles. The molecule has 0 aromatic carbocycles. The van der Waals surface area contributed by atoms with Crippen molar-refractivity contribution in [3.8, 4) is 0 Å². The van der Waals surface area contributed by atoms with Crippen LogP contribution in [0, 0.1) is 5.92 Å². The second kappa shape index (κ2) is 7.23. The lowest BCUT2D eigenvalue weighted by Gasteiger charge is -2.29. The summed E-state index contributed by atoms with van der Waals surface area (Å²) in [5, 5.41) is 4.16. The molecule has 2 aliphatic rings. The van der Waals surface area contributed by atoms with Crippen molar-refractivity contribution in [2.24, 2.45) is 5.92 Å². The zero-order chi connectivity index (χ0) is 13.8. The SMILES string of the molecule is CCC(C)C1NC(CC)N(CC2CSCCS2)C1=O. The number of hydrogen-bond acceptors (Lipinski definition) is 4. The van der Waals surface area contributed by atoms with Crippen LogP contribution in [0.2, 0.25) is 0 Å². The van der Waals surface area contributed by atoms with Crippen molar-refractivity contribution in [1.82, 2.24) is 10.2 Å². The molecule has 3 nitrogen and oxygen atoms in total. The Morgan fingerprint density at radius 2 is 2.21 bits per heavy atom. The predicted octanol–water partition coefficient (Wildman–Crippen LogP) is 2.42.